The van der Waals surface area contributed by atoms with E-state index in [-0.39, 0.29) is 11.8 Å². The van der Waals surface area contributed by atoms with E-state index in [1.165, 1.54) is 4.90 Å². The van der Waals surface area contributed by atoms with Gasteiger partial charge in [-0.05, 0) is 30.7 Å². The SMILES string of the molecule is Cc1cc(SCCN2C(=O)CCC2=O)ccc1N. The van der Waals surface area contributed by atoms with Gasteiger partial charge in [0.2, 0.25) is 11.8 Å². The van der Waals surface area contributed by atoms with Gasteiger partial charge in [-0.15, -0.1) is 11.8 Å². The molecule has 18 heavy (non-hydrogen) atoms. The van der Waals surface area contributed by atoms with Crippen LogP contribution in [0.15, 0.2) is 23.1 Å². The zero-order chi connectivity index (χ0) is 13.1. The van der Waals surface area contributed by atoms with Crippen LogP contribution in [0.3, 0.4) is 0 Å². The van der Waals surface area contributed by atoms with Gasteiger partial charge < -0.3 is 5.73 Å². The molecule has 2 rings (SSSR count). The molecular weight excluding hydrogens is 248 g/mol. The topological polar surface area (TPSA) is 63.4 Å². The lowest BCUT2D eigenvalue weighted by Crippen LogP contribution is -2.31. The van der Waals surface area contributed by atoms with Crippen LogP contribution >= 0.6 is 11.8 Å². The fourth-order valence-corrected chi connectivity index (χ4v) is 2.80. The Bertz CT molecular complexity index is 472. The normalized spacial score (nSPS) is 15.5. The fourth-order valence-electron chi connectivity index (χ4n) is 1.87. The van der Waals surface area contributed by atoms with E-state index in [0.717, 1.165) is 21.9 Å². The summed E-state index contributed by atoms with van der Waals surface area (Å²) in [4.78, 5) is 25.3. The molecule has 0 unspecified atom stereocenters. The molecule has 1 aromatic carbocycles. The molecule has 1 aromatic rings. The molecule has 0 radical (unpaired) electrons. The van der Waals surface area contributed by atoms with Crippen LogP contribution in [0, 0.1) is 6.92 Å². The van der Waals surface area contributed by atoms with Crippen molar-refractivity contribution in [3.63, 3.8) is 0 Å². The van der Waals surface area contributed by atoms with Crippen LogP contribution in [0.4, 0.5) is 5.69 Å². The van der Waals surface area contributed by atoms with Crippen molar-refractivity contribution in [2.24, 2.45) is 0 Å². The molecular formula is C13H16N2O2S. The summed E-state index contributed by atoms with van der Waals surface area (Å²) in [6, 6.07) is 5.86. The van der Waals surface area contributed by atoms with Gasteiger partial charge in [0.15, 0.2) is 0 Å². The number of aryl methyl sites for hydroxylation is 1. The molecule has 1 saturated heterocycles. The number of amides is 2. The van der Waals surface area contributed by atoms with E-state index in [2.05, 4.69) is 0 Å². The first-order valence-corrected chi connectivity index (χ1v) is 6.88. The minimum Gasteiger partial charge on any atom is -0.399 e. The van der Waals surface area contributed by atoms with Gasteiger partial charge in [0.1, 0.15) is 0 Å². The van der Waals surface area contributed by atoms with E-state index in [1.807, 2.05) is 25.1 Å². The van der Waals surface area contributed by atoms with Gasteiger partial charge in [0.05, 0.1) is 0 Å². The number of hydrogen-bond acceptors (Lipinski definition) is 4. The molecule has 1 aliphatic heterocycles. The van der Waals surface area contributed by atoms with Gasteiger partial charge in [-0.25, -0.2) is 0 Å². The third kappa shape index (κ3) is 2.85. The number of nitrogen functional groups attached to an aromatic ring is 1. The Balaban J connectivity index is 1.86. The summed E-state index contributed by atoms with van der Waals surface area (Å²) in [5.41, 5.74) is 7.58. The van der Waals surface area contributed by atoms with Gasteiger partial charge >= 0.3 is 0 Å². The van der Waals surface area contributed by atoms with Crippen molar-refractivity contribution in [2.75, 3.05) is 18.0 Å². The Hall–Kier alpha value is -1.49. The molecule has 4 nitrogen and oxygen atoms in total. The maximum Gasteiger partial charge on any atom is 0.229 e. The van der Waals surface area contributed by atoms with Crippen molar-refractivity contribution in [1.82, 2.24) is 4.90 Å². The zero-order valence-electron chi connectivity index (χ0n) is 10.3. The quantitative estimate of drug-likeness (QED) is 0.512. The monoisotopic (exact) mass is 264 g/mol. The Morgan fingerprint density at radius 1 is 1.28 bits per heavy atom. The number of hydrogen-bond donors (Lipinski definition) is 1. The molecule has 1 aliphatic rings. The molecule has 2 N–H and O–H groups in total. The molecule has 0 aliphatic carbocycles. The molecule has 0 spiro atoms. The molecule has 5 heteroatoms. The van der Waals surface area contributed by atoms with Gasteiger partial charge in [0.25, 0.3) is 0 Å². The summed E-state index contributed by atoms with van der Waals surface area (Å²) in [7, 11) is 0. The van der Waals surface area contributed by atoms with Crippen molar-refractivity contribution in [3.05, 3.63) is 23.8 Å². The van der Waals surface area contributed by atoms with Gasteiger partial charge in [-0.2, -0.15) is 0 Å². The molecule has 0 saturated carbocycles. The average Bonchev–Trinajstić information content (AvgIpc) is 2.65. The maximum atomic E-state index is 11.4. The highest BCUT2D eigenvalue weighted by Gasteiger charge is 2.27. The Kier molecular flexibility index (Phi) is 3.91. The Morgan fingerprint density at radius 3 is 2.56 bits per heavy atom. The number of carbonyl (C=O) groups excluding carboxylic acids is 2. The third-order valence-electron chi connectivity index (χ3n) is 2.98. The van der Waals surface area contributed by atoms with E-state index >= 15 is 0 Å². The van der Waals surface area contributed by atoms with Crippen molar-refractivity contribution in [2.45, 2.75) is 24.7 Å². The predicted molar refractivity (Wildman–Crippen MR) is 72.3 cm³/mol. The van der Waals surface area contributed by atoms with Crippen LogP contribution in [0.2, 0.25) is 0 Å². The molecule has 0 atom stereocenters. The highest BCUT2D eigenvalue weighted by atomic mass is 32.2. The molecule has 2 amide bonds. The van der Waals surface area contributed by atoms with E-state index in [1.54, 1.807) is 11.8 Å². The molecule has 96 valence electrons. The summed E-state index contributed by atoms with van der Waals surface area (Å²) >= 11 is 1.63. The first-order valence-electron chi connectivity index (χ1n) is 5.90. The van der Waals surface area contributed by atoms with E-state index in [9.17, 15) is 9.59 Å². The second kappa shape index (κ2) is 5.44. The zero-order valence-corrected chi connectivity index (χ0v) is 11.1. The second-order valence-electron chi connectivity index (χ2n) is 4.31. The first kappa shape index (κ1) is 13.0. The molecule has 1 fully saturated rings. The van der Waals surface area contributed by atoms with Gasteiger partial charge in [-0.3, -0.25) is 14.5 Å². The summed E-state index contributed by atoms with van der Waals surface area (Å²) < 4.78 is 0. The lowest BCUT2D eigenvalue weighted by Gasteiger charge is -2.13. The highest BCUT2D eigenvalue weighted by molar-refractivity contribution is 7.99. The van der Waals surface area contributed by atoms with Crippen LogP contribution in [-0.2, 0) is 9.59 Å². The lowest BCUT2D eigenvalue weighted by atomic mass is 10.2. The minimum atomic E-state index is -0.0471. The fraction of sp³-hybridized carbons (Fsp3) is 0.385. The predicted octanol–water partition coefficient (Wildman–Crippen LogP) is 1.82. The van der Waals surface area contributed by atoms with Crippen molar-refractivity contribution in [3.8, 4) is 0 Å². The number of anilines is 1. The molecule has 0 aromatic heterocycles. The maximum absolute atomic E-state index is 11.4. The van der Waals surface area contributed by atoms with Crippen molar-refractivity contribution in [1.29, 1.82) is 0 Å². The summed E-state index contributed by atoms with van der Waals surface area (Å²) in [6.07, 6.45) is 0.731. The van der Waals surface area contributed by atoms with E-state index in [0.29, 0.717) is 19.4 Å². The summed E-state index contributed by atoms with van der Waals surface area (Å²) in [6.45, 7) is 2.46. The van der Waals surface area contributed by atoms with Crippen LogP contribution < -0.4 is 5.73 Å². The number of benzene rings is 1. The largest absolute Gasteiger partial charge is 0.399 e. The van der Waals surface area contributed by atoms with E-state index in [4.69, 9.17) is 5.73 Å². The van der Waals surface area contributed by atoms with Gasteiger partial charge in [0, 0.05) is 35.7 Å². The van der Waals surface area contributed by atoms with Crippen molar-refractivity contribution >= 4 is 29.3 Å². The number of carbonyl (C=O) groups is 2. The average molecular weight is 264 g/mol. The lowest BCUT2D eigenvalue weighted by molar-refractivity contribution is -0.137. The van der Waals surface area contributed by atoms with Crippen molar-refractivity contribution < 1.29 is 9.59 Å². The van der Waals surface area contributed by atoms with Crippen LogP contribution in [0.1, 0.15) is 18.4 Å². The van der Waals surface area contributed by atoms with Crippen LogP contribution in [-0.4, -0.2) is 29.0 Å². The van der Waals surface area contributed by atoms with E-state index < -0.39 is 0 Å². The highest BCUT2D eigenvalue weighted by Crippen LogP contribution is 2.23. The van der Waals surface area contributed by atoms with Crippen LogP contribution in [0.25, 0.3) is 0 Å². The third-order valence-corrected chi connectivity index (χ3v) is 3.95. The number of likely N-dealkylation sites (tertiary alicyclic amines) is 1. The molecule has 1 heterocycles. The summed E-state index contributed by atoms with van der Waals surface area (Å²) in [5, 5.41) is 0. The number of thioether (sulfide) groups is 1. The number of nitrogens with zero attached hydrogens (tertiary/aromatic N) is 1. The summed E-state index contributed by atoms with van der Waals surface area (Å²) in [5.74, 6) is 0.629. The van der Waals surface area contributed by atoms with Crippen LogP contribution in [0.5, 0.6) is 0 Å². The Morgan fingerprint density at radius 2 is 1.94 bits per heavy atom. The first-order chi connectivity index (χ1) is 8.58. The standard InChI is InChI=1S/C13H16N2O2S/c1-9-8-10(2-3-11(9)14)18-7-6-15-12(16)4-5-13(15)17/h2-3,8H,4-7,14H2,1H3. The Labute approximate surface area is 111 Å². The smallest absolute Gasteiger partial charge is 0.229 e. The molecule has 0 bridgehead atoms. The minimum absolute atomic E-state index is 0.0471. The number of nitrogens with two attached hydrogens (primary N) is 1. The number of rotatable bonds is 4. The van der Waals surface area contributed by atoms with Gasteiger partial charge in [-0.1, -0.05) is 0 Å². The second-order valence-corrected chi connectivity index (χ2v) is 5.47. The number of imide groups is 1.